The first-order valence-corrected chi connectivity index (χ1v) is 17.1. The first-order valence-electron chi connectivity index (χ1n) is 16.3. The van der Waals surface area contributed by atoms with Crippen LogP contribution < -0.4 is 0 Å². The topological polar surface area (TPSA) is 0 Å². The van der Waals surface area contributed by atoms with Crippen LogP contribution in [0.4, 0.5) is 0 Å². The molecule has 0 fully saturated rings. The van der Waals surface area contributed by atoms with Crippen LogP contribution in [0.15, 0.2) is 156 Å². The minimum Gasteiger partial charge on any atom is -0.134 e. The largest absolute Gasteiger partial charge is 0.134 e. The van der Waals surface area contributed by atoms with E-state index in [9.17, 15) is 0 Å². The SMILES string of the molecule is CC1=C=CC(C)=C(c2ccccc2)C=C1c1ccccc1-c1ccc2c3ccccc3c3sc4c(c3c2c1)CC=Cc1ccccc1-4. The van der Waals surface area contributed by atoms with Crippen LogP contribution in [0.25, 0.3) is 70.4 Å². The van der Waals surface area contributed by atoms with Gasteiger partial charge in [-0.05, 0) is 116 Å². The average Bonchev–Trinajstić information content (AvgIpc) is 3.32. The molecule has 7 aromatic rings. The number of hydrogen-bond donors (Lipinski definition) is 0. The number of fused-ring (bicyclic) bond motifs is 10. The van der Waals surface area contributed by atoms with Crippen LogP contribution in [0.1, 0.15) is 36.1 Å². The van der Waals surface area contributed by atoms with Gasteiger partial charge in [-0.2, -0.15) is 0 Å². The van der Waals surface area contributed by atoms with Gasteiger partial charge in [-0.3, -0.25) is 0 Å². The van der Waals surface area contributed by atoms with Crippen molar-refractivity contribution in [3.8, 4) is 21.6 Å². The van der Waals surface area contributed by atoms with Crippen molar-refractivity contribution >= 4 is 60.2 Å². The molecule has 0 unspecified atom stereocenters. The van der Waals surface area contributed by atoms with Crippen LogP contribution in [0.5, 0.6) is 0 Å². The minimum absolute atomic E-state index is 0.926. The lowest BCUT2D eigenvalue weighted by molar-refractivity contribution is 1.35. The van der Waals surface area contributed by atoms with Crippen LogP contribution in [0.2, 0.25) is 0 Å². The maximum absolute atomic E-state index is 3.60. The number of allylic oxidation sites excluding steroid dienone is 6. The van der Waals surface area contributed by atoms with Crippen LogP contribution >= 0.6 is 11.3 Å². The lowest BCUT2D eigenvalue weighted by Gasteiger charge is -2.16. The maximum atomic E-state index is 3.60. The lowest BCUT2D eigenvalue weighted by atomic mass is 9.87. The van der Waals surface area contributed by atoms with Gasteiger partial charge in [0.2, 0.25) is 0 Å². The minimum atomic E-state index is 0.926. The summed E-state index contributed by atoms with van der Waals surface area (Å²) in [5.74, 6) is 0. The molecular formula is C46H32S. The molecule has 0 bridgehead atoms. The Hall–Kier alpha value is -5.46. The molecule has 0 N–H and O–H groups in total. The van der Waals surface area contributed by atoms with Crippen LogP contribution in [-0.2, 0) is 6.42 Å². The highest BCUT2D eigenvalue weighted by Crippen LogP contribution is 2.49. The summed E-state index contributed by atoms with van der Waals surface area (Å²) in [5, 5.41) is 6.71. The predicted octanol–water partition coefficient (Wildman–Crippen LogP) is 13.1. The van der Waals surface area contributed by atoms with Crippen molar-refractivity contribution in [2.24, 2.45) is 0 Å². The van der Waals surface area contributed by atoms with Crippen molar-refractivity contribution in [1.29, 1.82) is 0 Å². The van der Waals surface area contributed by atoms with Gasteiger partial charge in [-0.15, -0.1) is 17.1 Å². The van der Waals surface area contributed by atoms with Crippen LogP contribution in [0.3, 0.4) is 0 Å². The Kier molecular flexibility index (Phi) is 6.57. The number of hydrogen-bond acceptors (Lipinski definition) is 1. The van der Waals surface area contributed by atoms with E-state index < -0.39 is 0 Å². The summed E-state index contributed by atoms with van der Waals surface area (Å²) < 4.78 is 1.39. The fourth-order valence-electron chi connectivity index (χ4n) is 7.49. The highest BCUT2D eigenvalue weighted by molar-refractivity contribution is 7.23. The number of thiophene rings is 1. The average molecular weight is 617 g/mol. The predicted molar refractivity (Wildman–Crippen MR) is 205 cm³/mol. The van der Waals surface area contributed by atoms with E-state index in [-0.39, 0.29) is 0 Å². The van der Waals surface area contributed by atoms with Gasteiger partial charge >= 0.3 is 0 Å². The lowest BCUT2D eigenvalue weighted by Crippen LogP contribution is -1.93. The van der Waals surface area contributed by atoms with Gasteiger partial charge < -0.3 is 0 Å². The zero-order valence-electron chi connectivity index (χ0n) is 26.5. The summed E-state index contributed by atoms with van der Waals surface area (Å²) in [4.78, 5) is 1.40. The van der Waals surface area contributed by atoms with E-state index in [2.05, 4.69) is 165 Å². The molecule has 2 aliphatic carbocycles. The molecule has 0 radical (unpaired) electrons. The molecular weight excluding hydrogens is 585 g/mol. The quantitative estimate of drug-likeness (QED) is 0.137. The molecule has 0 aliphatic heterocycles. The zero-order valence-corrected chi connectivity index (χ0v) is 27.3. The number of rotatable bonds is 3. The third kappa shape index (κ3) is 4.51. The Morgan fingerprint density at radius 3 is 2.17 bits per heavy atom. The fraction of sp³-hybridized carbons (Fsp3) is 0.0652. The van der Waals surface area contributed by atoms with Gasteiger partial charge in [-0.1, -0.05) is 127 Å². The second kappa shape index (κ2) is 11.1. The molecule has 6 aromatic carbocycles. The summed E-state index contributed by atoms with van der Waals surface area (Å²) in [6.45, 7) is 4.37. The molecule has 0 spiro atoms. The first kappa shape index (κ1) is 27.8. The van der Waals surface area contributed by atoms with E-state index in [4.69, 9.17) is 0 Å². The van der Waals surface area contributed by atoms with E-state index in [1.807, 2.05) is 11.3 Å². The number of benzene rings is 6. The van der Waals surface area contributed by atoms with Crippen LogP contribution in [0, 0.1) is 0 Å². The Balaban J connectivity index is 1.31. The van der Waals surface area contributed by atoms with Gasteiger partial charge in [0, 0.05) is 20.3 Å². The Morgan fingerprint density at radius 1 is 0.617 bits per heavy atom. The summed E-state index contributed by atoms with van der Waals surface area (Å²) in [6, 6.07) is 44.5. The van der Waals surface area contributed by atoms with Crippen molar-refractivity contribution in [2.45, 2.75) is 20.3 Å². The van der Waals surface area contributed by atoms with Crippen molar-refractivity contribution in [3.63, 3.8) is 0 Å². The van der Waals surface area contributed by atoms with Crippen molar-refractivity contribution in [3.05, 3.63) is 179 Å². The molecule has 0 saturated heterocycles. The summed E-state index contributed by atoms with van der Waals surface area (Å²) >= 11 is 1.96. The summed E-state index contributed by atoms with van der Waals surface area (Å²) in [5.41, 5.74) is 17.4. The van der Waals surface area contributed by atoms with E-state index in [0.29, 0.717) is 0 Å². The third-order valence-electron chi connectivity index (χ3n) is 9.82. The van der Waals surface area contributed by atoms with E-state index >= 15 is 0 Å². The Morgan fingerprint density at radius 2 is 1.32 bits per heavy atom. The first-order chi connectivity index (χ1) is 23.2. The van der Waals surface area contributed by atoms with Crippen LogP contribution in [-0.4, -0.2) is 0 Å². The molecule has 2 aliphatic rings. The highest BCUT2D eigenvalue weighted by Gasteiger charge is 2.22. The smallest absolute Gasteiger partial charge is 0.0437 e. The Labute approximate surface area is 279 Å². The molecule has 0 saturated carbocycles. The van der Waals surface area contributed by atoms with Gasteiger partial charge in [0.15, 0.2) is 0 Å². The monoisotopic (exact) mass is 616 g/mol. The van der Waals surface area contributed by atoms with Crippen molar-refractivity contribution in [2.75, 3.05) is 0 Å². The van der Waals surface area contributed by atoms with Gasteiger partial charge in [0.05, 0.1) is 0 Å². The standard InChI is InChI=1S/C46H32S/c1-29-23-24-30(2)42(28-41(29)32-13-4-3-5-14-32)36-19-9-8-17-34(36)33-25-26-38-37-20-10-11-21-39(37)46-44(43(38)27-33)40-22-12-16-31-15-6-7-18-35(31)45(40)47-46/h3-21,23,25-28H,22H2,1-2H3. The normalized spacial score (nSPS) is 14.2. The molecule has 1 heterocycles. The van der Waals surface area contributed by atoms with E-state index in [1.54, 1.807) is 0 Å². The molecule has 9 rings (SSSR count). The molecule has 0 atom stereocenters. The molecule has 0 nitrogen and oxygen atoms in total. The molecule has 0 amide bonds. The van der Waals surface area contributed by atoms with Crippen molar-refractivity contribution < 1.29 is 0 Å². The summed E-state index contributed by atoms with van der Waals surface area (Å²) in [7, 11) is 0. The van der Waals surface area contributed by atoms with Crippen molar-refractivity contribution in [1.82, 2.24) is 0 Å². The second-order valence-electron chi connectivity index (χ2n) is 12.6. The Bertz CT molecular complexity index is 2580. The van der Waals surface area contributed by atoms with Gasteiger partial charge in [0.25, 0.3) is 0 Å². The molecule has 1 aromatic heterocycles. The van der Waals surface area contributed by atoms with Gasteiger partial charge in [-0.25, -0.2) is 0 Å². The van der Waals surface area contributed by atoms with E-state index in [1.165, 1.54) is 92.2 Å². The van der Waals surface area contributed by atoms with E-state index in [0.717, 1.165) is 12.0 Å². The zero-order chi connectivity index (χ0) is 31.5. The highest BCUT2D eigenvalue weighted by atomic mass is 32.1. The molecule has 47 heavy (non-hydrogen) atoms. The molecule has 1 heteroatoms. The van der Waals surface area contributed by atoms with Gasteiger partial charge in [0.1, 0.15) is 0 Å². The third-order valence-corrected chi connectivity index (χ3v) is 11.1. The fourth-order valence-corrected chi connectivity index (χ4v) is 8.92. The molecule has 222 valence electrons. The summed E-state index contributed by atoms with van der Waals surface area (Å²) in [6.07, 6.45) is 10.1. The second-order valence-corrected chi connectivity index (χ2v) is 13.6. The maximum Gasteiger partial charge on any atom is 0.0437 e.